The SMILES string of the molecule is COc1ccc(NC(=O)COC(=O)c2c3c(nc4ccccc24)CC[NH+](C)C3)cc1. The first kappa shape index (κ1) is 19.8. The molecule has 1 unspecified atom stereocenters. The van der Waals surface area contributed by atoms with Crippen LogP contribution in [0.2, 0.25) is 0 Å². The summed E-state index contributed by atoms with van der Waals surface area (Å²) < 4.78 is 10.5. The molecule has 2 aromatic carbocycles. The minimum atomic E-state index is -0.496. The molecule has 0 saturated carbocycles. The number of pyridine rings is 1. The first-order valence-corrected chi connectivity index (χ1v) is 9.88. The number of methoxy groups -OCH3 is 1. The van der Waals surface area contributed by atoms with Gasteiger partial charge in [0, 0.05) is 23.1 Å². The van der Waals surface area contributed by atoms with E-state index in [9.17, 15) is 9.59 Å². The van der Waals surface area contributed by atoms with Crippen LogP contribution in [0, 0.1) is 0 Å². The summed E-state index contributed by atoms with van der Waals surface area (Å²) in [7, 11) is 3.67. The molecule has 4 rings (SSSR count). The molecule has 154 valence electrons. The van der Waals surface area contributed by atoms with Crippen LogP contribution in [0.15, 0.2) is 48.5 Å². The largest absolute Gasteiger partial charge is 0.497 e. The number of hydrogen-bond donors (Lipinski definition) is 2. The van der Waals surface area contributed by atoms with Crippen LogP contribution in [0.1, 0.15) is 21.6 Å². The van der Waals surface area contributed by atoms with Gasteiger partial charge in [-0.25, -0.2) is 4.79 Å². The van der Waals surface area contributed by atoms with Crippen molar-refractivity contribution in [2.24, 2.45) is 0 Å². The van der Waals surface area contributed by atoms with Gasteiger partial charge in [0.15, 0.2) is 6.61 Å². The molecule has 0 radical (unpaired) electrons. The molecule has 0 spiro atoms. The minimum absolute atomic E-state index is 0.362. The second-order valence-electron chi connectivity index (χ2n) is 7.42. The van der Waals surface area contributed by atoms with E-state index < -0.39 is 11.9 Å². The molecule has 7 heteroatoms. The van der Waals surface area contributed by atoms with Crippen LogP contribution in [-0.2, 0) is 22.5 Å². The average Bonchev–Trinajstić information content (AvgIpc) is 2.76. The van der Waals surface area contributed by atoms with Gasteiger partial charge >= 0.3 is 5.97 Å². The molecule has 1 aliphatic rings. The molecular formula is C23H24N3O4+. The Morgan fingerprint density at radius 3 is 2.67 bits per heavy atom. The summed E-state index contributed by atoms with van der Waals surface area (Å²) >= 11 is 0. The number of nitrogens with one attached hydrogen (secondary N) is 2. The fraction of sp³-hybridized carbons (Fsp3) is 0.261. The van der Waals surface area contributed by atoms with E-state index in [1.165, 1.54) is 4.90 Å². The van der Waals surface area contributed by atoms with Gasteiger partial charge in [0.2, 0.25) is 0 Å². The number of rotatable bonds is 5. The van der Waals surface area contributed by atoms with Crippen LogP contribution in [0.5, 0.6) is 5.75 Å². The molecule has 0 bridgehead atoms. The lowest BCUT2D eigenvalue weighted by Gasteiger charge is -2.24. The highest BCUT2D eigenvalue weighted by molar-refractivity contribution is 6.06. The summed E-state index contributed by atoms with van der Waals surface area (Å²) in [6.45, 7) is 1.31. The highest BCUT2D eigenvalue weighted by Crippen LogP contribution is 2.25. The zero-order valence-electron chi connectivity index (χ0n) is 17.0. The number of likely N-dealkylation sites (N-methyl/N-ethyl adjacent to an activating group) is 1. The predicted molar refractivity (Wildman–Crippen MR) is 113 cm³/mol. The van der Waals surface area contributed by atoms with Gasteiger partial charge < -0.3 is 19.7 Å². The number of fused-ring (bicyclic) bond motifs is 2. The highest BCUT2D eigenvalue weighted by Gasteiger charge is 2.27. The maximum absolute atomic E-state index is 13.0. The first-order chi connectivity index (χ1) is 14.5. The van der Waals surface area contributed by atoms with Crippen molar-refractivity contribution < 1.29 is 24.0 Å². The van der Waals surface area contributed by atoms with Crippen LogP contribution in [-0.4, -0.2) is 44.2 Å². The lowest BCUT2D eigenvalue weighted by Crippen LogP contribution is -3.08. The fourth-order valence-electron chi connectivity index (χ4n) is 3.73. The topological polar surface area (TPSA) is 82.0 Å². The number of amides is 1. The number of quaternary nitrogens is 1. The summed E-state index contributed by atoms with van der Waals surface area (Å²) in [6, 6.07) is 14.5. The third kappa shape index (κ3) is 4.11. The zero-order valence-corrected chi connectivity index (χ0v) is 17.0. The van der Waals surface area contributed by atoms with Crippen LogP contribution in [0.25, 0.3) is 10.9 Å². The van der Waals surface area contributed by atoms with Crippen LogP contribution in [0.3, 0.4) is 0 Å². The molecule has 1 atom stereocenters. The third-order valence-electron chi connectivity index (χ3n) is 5.26. The Hall–Kier alpha value is -3.45. The second kappa shape index (κ2) is 8.51. The van der Waals surface area contributed by atoms with Crippen LogP contribution < -0.4 is 15.0 Å². The number of carbonyl (C=O) groups excluding carboxylic acids is 2. The van der Waals surface area contributed by atoms with Crippen LogP contribution in [0.4, 0.5) is 5.69 Å². The van der Waals surface area contributed by atoms with Crippen molar-refractivity contribution in [3.05, 3.63) is 65.4 Å². The van der Waals surface area contributed by atoms with Crippen molar-refractivity contribution >= 4 is 28.5 Å². The molecular weight excluding hydrogens is 382 g/mol. The number of aromatic nitrogens is 1. The van der Waals surface area contributed by atoms with E-state index in [1.807, 2.05) is 24.3 Å². The van der Waals surface area contributed by atoms with E-state index >= 15 is 0 Å². The second-order valence-corrected chi connectivity index (χ2v) is 7.42. The molecule has 1 aromatic heterocycles. The van der Waals surface area contributed by atoms with Crippen molar-refractivity contribution in [2.75, 3.05) is 32.6 Å². The lowest BCUT2D eigenvalue weighted by atomic mass is 9.96. The number of carbonyl (C=O) groups is 2. The van der Waals surface area contributed by atoms with Gasteiger partial charge in [-0.2, -0.15) is 0 Å². The molecule has 0 aliphatic carbocycles. The maximum atomic E-state index is 13.0. The molecule has 1 amide bonds. The molecule has 1 aliphatic heterocycles. The van der Waals surface area contributed by atoms with E-state index in [0.29, 0.717) is 23.5 Å². The summed E-state index contributed by atoms with van der Waals surface area (Å²) in [5.74, 6) is -0.200. The lowest BCUT2D eigenvalue weighted by molar-refractivity contribution is -0.895. The third-order valence-corrected chi connectivity index (χ3v) is 5.26. The van der Waals surface area contributed by atoms with Gasteiger partial charge in [0.25, 0.3) is 5.91 Å². The Balaban J connectivity index is 1.52. The Morgan fingerprint density at radius 1 is 1.13 bits per heavy atom. The Labute approximate surface area is 174 Å². The zero-order chi connectivity index (χ0) is 21.1. The van der Waals surface area contributed by atoms with Crippen molar-refractivity contribution in [3.8, 4) is 5.75 Å². The number of nitrogens with zero attached hydrogens (tertiary/aromatic N) is 1. The smallest absolute Gasteiger partial charge is 0.339 e. The Morgan fingerprint density at radius 2 is 1.90 bits per heavy atom. The Bertz CT molecular complexity index is 1100. The van der Waals surface area contributed by atoms with Gasteiger partial charge in [-0.1, -0.05) is 18.2 Å². The number of esters is 1. The number of hydrogen-bond acceptors (Lipinski definition) is 5. The quantitative estimate of drug-likeness (QED) is 0.629. The minimum Gasteiger partial charge on any atom is -0.497 e. The molecule has 0 fully saturated rings. The highest BCUT2D eigenvalue weighted by atomic mass is 16.5. The number of benzene rings is 2. The van der Waals surface area contributed by atoms with Gasteiger partial charge in [-0.05, 0) is 30.3 Å². The van der Waals surface area contributed by atoms with Crippen molar-refractivity contribution in [1.29, 1.82) is 0 Å². The molecule has 2 heterocycles. The van der Waals surface area contributed by atoms with Crippen LogP contribution >= 0.6 is 0 Å². The van der Waals surface area contributed by atoms with Gasteiger partial charge in [-0.15, -0.1) is 0 Å². The number of para-hydroxylation sites is 1. The monoisotopic (exact) mass is 406 g/mol. The van der Waals surface area contributed by atoms with E-state index in [1.54, 1.807) is 31.4 Å². The predicted octanol–water partition coefficient (Wildman–Crippen LogP) is 1.61. The van der Waals surface area contributed by atoms with E-state index in [4.69, 9.17) is 14.5 Å². The number of ether oxygens (including phenoxy) is 2. The molecule has 30 heavy (non-hydrogen) atoms. The molecule has 2 N–H and O–H groups in total. The summed E-state index contributed by atoms with van der Waals surface area (Å²) in [4.78, 5) is 31.4. The summed E-state index contributed by atoms with van der Waals surface area (Å²) in [5.41, 5.74) is 3.75. The van der Waals surface area contributed by atoms with Gasteiger partial charge in [0.1, 0.15) is 12.3 Å². The molecule has 7 nitrogen and oxygen atoms in total. The maximum Gasteiger partial charge on any atom is 0.339 e. The van der Waals surface area contributed by atoms with Gasteiger partial charge in [-0.3, -0.25) is 9.78 Å². The summed E-state index contributed by atoms with van der Waals surface area (Å²) in [6.07, 6.45) is 0.810. The molecule has 3 aromatic rings. The van der Waals surface area contributed by atoms with Crippen molar-refractivity contribution in [1.82, 2.24) is 4.98 Å². The summed E-state index contributed by atoms with van der Waals surface area (Å²) in [5, 5.41) is 3.47. The standard InChI is InChI=1S/C23H23N3O4/c1-26-12-11-20-18(13-26)22(17-5-3-4-6-19(17)25-20)23(28)30-14-21(27)24-15-7-9-16(29-2)10-8-15/h3-10H,11-14H2,1-2H3,(H,24,27)/p+1. The van der Waals surface area contributed by atoms with Crippen molar-refractivity contribution in [2.45, 2.75) is 13.0 Å². The van der Waals surface area contributed by atoms with E-state index in [-0.39, 0.29) is 6.61 Å². The van der Waals surface area contributed by atoms with Crippen molar-refractivity contribution in [3.63, 3.8) is 0 Å². The first-order valence-electron chi connectivity index (χ1n) is 9.88. The van der Waals surface area contributed by atoms with E-state index in [2.05, 4.69) is 12.4 Å². The normalized spacial score (nSPS) is 15.3. The Kier molecular flexibility index (Phi) is 5.63. The number of anilines is 1. The fourth-order valence-corrected chi connectivity index (χ4v) is 3.73. The molecule has 0 saturated heterocycles. The van der Waals surface area contributed by atoms with Gasteiger partial charge in [0.05, 0.1) is 37.5 Å². The van der Waals surface area contributed by atoms with E-state index in [0.717, 1.165) is 35.1 Å². The average molecular weight is 406 g/mol.